The Morgan fingerprint density at radius 3 is 1.61 bits per heavy atom. The molecule has 274 valence electrons. The lowest BCUT2D eigenvalue weighted by Gasteiger charge is -2.25. The molecule has 0 heterocycles. The molecule has 0 aromatic heterocycles. The van der Waals surface area contributed by atoms with Crippen molar-refractivity contribution in [2.75, 3.05) is 40.9 Å². The molecule has 0 bridgehead atoms. The van der Waals surface area contributed by atoms with Crippen molar-refractivity contribution in [3.05, 3.63) is 12.2 Å². The highest BCUT2D eigenvalue weighted by molar-refractivity contribution is 7.47. The van der Waals surface area contributed by atoms with Gasteiger partial charge >= 0.3 is 7.82 Å². The number of quaternary nitrogens is 1. The third kappa shape index (κ3) is 31.8. The average molecular weight is 676 g/mol. The highest BCUT2D eigenvalue weighted by Gasteiger charge is 2.27. The zero-order chi connectivity index (χ0) is 34.4. The van der Waals surface area contributed by atoms with Crippen LogP contribution in [-0.2, 0) is 18.4 Å². The number of likely N-dealkylation sites (N-methyl/N-ethyl adjacent to an activating group) is 1. The molecule has 0 aromatic carbocycles. The monoisotopic (exact) mass is 676 g/mol. The Balaban J connectivity index is 4.36. The summed E-state index contributed by atoms with van der Waals surface area (Å²) in [6.07, 6.45) is 31.6. The van der Waals surface area contributed by atoms with Crippen LogP contribution in [0.2, 0.25) is 0 Å². The van der Waals surface area contributed by atoms with Gasteiger partial charge in [-0.05, 0) is 19.3 Å². The van der Waals surface area contributed by atoms with Crippen LogP contribution in [0.3, 0.4) is 0 Å². The van der Waals surface area contributed by atoms with Crippen molar-refractivity contribution in [3.63, 3.8) is 0 Å². The molecule has 0 saturated carbocycles. The van der Waals surface area contributed by atoms with Crippen molar-refractivity contribution in [2.45, 2.75) is 180 Å². The highest BCUT2D eigenvalue weighted by atomic mass is 31.2. The lowest BCUT2D eigenvalue weighted by Crippen LogP contribution is -2.45. The van der Waals surface area contributed by atoms with E-state index in [0.29, 0.717) is 17.4 Å². The van der Waals surface area contributed by atoms with Gasteiger partial charge in [0.2, 0.25) is 5.91 Å². The number of amides is 1. The predicted molar refractivity (Wildman–Crippen MR) is 194 cm³/mol. The number of unbranched alkanes of at least 4 members (excludes halogenated alkanes) is 21. The van der Waals surface area contributed by atoms with E-state index in [-0.39, 0.29) is 19.1 Å². The number of hydrogen-bond donors (Lipinski definition) is 3. The van der Waals surface area contributed by atoms with Crippen LogP contribution in [0.15, 0.2) is 12.2 Å². The summed E-state index contributed by atoms with van der Waals surface area (Å²) in [7, 11) is 1.57. The first-order chi connectivity index (χ1) is 22.0. The van der Waals surface area contributed by atoms with Gasteiger partial charge in [-0.3, -0.25) is 13.8 Å². The zero-order valence-electron chi connectivity index (χ0n) is 30.8. The normalized spacial score (nSPS) is 14.8. The summed E-state index contributed by atoms with van der Waals surface area (Å²) in [5, 5.41) is 13.7. The number of phosphoric ester groups is 1. The number of allylic oxidation sites excluding steroid dienone is 1. The standard InChI is InChI=1S/C37H75N2O6P/c1-6-8-10-12-14-15-16-17-18-19-20-21-22-23-24-25-26-28-30-36(40)35(38-37(41)31-29-27-13-11-9-7-2)34-45-46(42,43)44-33-32-39(3,4)5/h28,30,35-36,40H,6-27,29,31-34H2,1-5H3,(H-,38,41,42,43)/p+1/b30-28+. The molecule has 0 fully saturated rings. The van der Waals surface area contributed by atoms with E-state index in [1.165, 1.54) is 109 Å². The minimum atomic E-state index is -4.32. The highest BCUT2D eigenvalue weighted by Crippen LogP contribution is 2.43. The van der Waals surface area contributed by atoms with Gasteiger partial charge in [0.25, 0.3) is 0 Å². The predicted octanol–water partition coefficient (Wildman–Crippen LogP) is 9.63. The molecule has 3 unspecified atom stereocenters. The number of phosphoric acid groups is 1. The van der Waals surface area contributed by atoms with Gasteiger partial charge in [0.05, 0.1) is 39.9 Å². The minimum Gasteiger partial charge on any atom is -0.387 e. The Hall–Kier alpha value is -0.760. The van der Waals surface area contributed by atoms with Crippen LogP contribution >= 0.6 is 7.82 Å². The Kier molecular flexibility index (Phi) is 29.8. The first kappa shape index (κ1) is 45.2. The van der Waals surface area contributed by atoms with Gasteiger partial charge in [0.15, 0.2) is 0 Å². The van der Waals surface area contributed by atoms with Crippen molar-refractivity contribution >= 4 is 13.7 Å². The fourth-order valence-electron chi connectivity index (χ4n) is 5.39. The van der Waals surface area contributed by atoms with Crippen LogP contribution in [0, 0.1) is 0 Å². The molecule has 9 heteroatoms. The second-order valence-electron chi connectivity index (χ2n) is 14.3. The van der Waals surface area contributed by atoms with Gasteiger partial charge in [-0.25, -0.2) is 4.57 Å². The first-order valence-electron chi connectivity index (χ1n) is 19.1. The van der Waals surface area contributed by atoms with Crippen LogP contribution in [0.5, 0.6) is 0 Å². The molecule has 0 rings (SSSR count). The van der Waals surface area contributed by atoms with Crippen molar-refractivity contribution in [3.8, 4) is 0 Å². The van der Waals surface area contributed by atoms with E-state index in [4.69, 9.17) is 9.05 Å². The van der Waals surface area contributed by atoms with Crippen LogP contribution < -0.4 is 5.32 Å². The lowest BCUT2D eigenvalue weighted by atomic mass is 10.0. The molecule has 1 amide bonds. The Morgan fingerprint density at radius 2 is 1.15 bits per heavy atom. The number of nitrogens with zero attached hydrogens (tertiary/aromatic N) is 1. The van der Waals surface area contributed by atoms with E-state index in [9.17, 15) is 19.4 Å². The number of aliphatic hydroxyl groups excluding tert-OH is 1. The molecular formula is C37H76N2O6P+. The van der Waals surface area contributed by atoms with Crippen molar-refractivity contribution in [2.24, 2.45) is 0 Å². The minimum absolute atomic E-state index is 0.0636. The Bertz CT molecular complexity index is 773. The summed E-state index contributed by atoms with van der Waals surface area (Å²) < 4.78 is 23.3. The summed E-state index contributed by atoms with van der Waals surface area (Å²) in [5.41, 5.74) is 0. The van der Waals surface area contributed by atoms with E-state index < -0.39 is 20.0 Å². The molecule has 0 aromatic rings. The van der Waals surface area contributed by atoms with E-state index >= 15 is 0 Å². The summed E-state index contributed by atoms with van der Waals surface area (Å²) >= 11 is 0. The smallest absolute Gasteiger partial charge is 0.387 e. The number of aliphatic hydroxyl groups is 1. The summed E-state index contributed by atoms with van der Waals surface area (Å²) in [5.74, 6) is -0.187. The summed E-state index contributed by atoms with van der Waals surface area (Å²) in [6.45, 7) is 4.74. The number of carbonyl (C=O) groups is 1. The average Bonchev–Trinajstić information content (AvgIpc) is 2.99. The fraction of sp³-hybridized carbons (Fsp3) is 0.919. The SMILES string of the molecule is CCCCCCCCCCCCCCCCCC/C=C/C(O)C(COP(=O)(O)OCC[N+](C)(C)C)NC(=O)CCCCCCCC. The maximum Gasteiger partial charge on any atom is 0.472 e. The largest absolute Gasteiger partial charge is 0.472 e. The number of carbonyl (C=O) groups excluding carboxylic acids is 1. The second kappa shape index (κ2) is 30.3. The van der Waals surface area contributed by atoms with Crippen LogP contribution in [0.1, 0.15) is 168 Å². The fourth-order valence-corrected chi connectivity index (χ4v) is 6.13. The second-order valence-corrected chi connectivity index (χ2v) is 15.8. The molecule has 0 radical (unpaired) electrons. The molecule has 0 spiro atoms. The molecule has 0 saturated heterocycles. The molecule has 8 nitrogen and oxygen atoms in total. The van der Waals surface area contributed by atoms with E-state index in [0.717, 1.165) is 38.5 Å². The van der Waals surface area contributed by atoms with Crippen LogP contribution in [0.25, 0.3) is 0 Å². The Labute approximate surface area is 284 Å². The Morgan fingerprint density at radius 1 is 0.717 bits per heavy atom. The van der Waals surface area contributed by atoms with Gasteiger partial charge in [0.1, 0.15) is 13.2 Å². The van der Waals surface area contributed by atoms with E-state index in [2.05, 4.69) is 19.2 Å². The summed E-state index contributed by atoms with van der Waals surface area (Å²) in [6, 6.07) is -0.836. The molecule has 0 aliphatic carbocycles. The molecular weight excluding hydrogens is 599 g/mol. The topological polar surface area (TPSA) is 105 Å². The number of rotatable bonds is 34. The van der Waals surface area contributed by atoms with Gasteiger partial charge in [-0.15, -0.1) is 0 Å². The van der Waals surface area contributed by atoms with Gasteiger partial charge in [-0.1, -0.05) is 154 Å². The number of hydrogen-bond acceptors (Lipinski definition) is 5. The van der Waals surface area contributed by atoms with Gasteiger partial charge in [-0.2, -0.15) is 0 Å². The van der Waals surface area contributed by atoms with Gasteiger partial charge < -0.3 is 19.8 Å². The maximum atomic E-state index is 12.6. The summed E-state index contributed by atoms with van der Waals surface area (Å²) in [4.78, 5) is 22.8. The molecule has 3 atom stereocenters. The van der Waals surface area contributed by atoms with Crippen LogP contribution in [-0.4, -0.2) is 73.4 Å². The third-order valence-electron chi connectivity index (χ3n) is 8.51. The van der Waals surface area contributed by atoms with Crippen molar-refractivity contribution < 1.29 is 32.9 Å². The van der Waals surface area contributed by atoms with E-state index in [1.807, 2.05) is 27.2 Å². The van der Waals surface area contributed by atoms with Crippen molar-refractivity contribution in [1.29, 1.82) is 0 Å². The molecule has 46 heavy (non-hydrogen) atoms. The number of nitrogens with one attached hydrogen (secondary N) is 1. The first-order valence-corrected chi connectivity index (χ1v) is 20.6. The quantitative estimate of drug-likeness (QED) is 0.0272. The molecule has 0 aliphatic rings. The maximum absolute atomic E-state index is 12.6. The van der Waals surface area contributed by atoms with E-state index in [1.54, 1.807) is 6.08 Å². The van der Waals surface area contributed by atoms with Crippen LogP contribution in [0.4, 0.5) is 0 Å². The molecule has 0 aliphatic heterocycles. The lowest BCUT2D eigenvalue weighted by molar-refractivity contribution is -0.870. The zero-order valence-corrected chi connectivity index (χ0v) is 31.7. The molecule has 3 N–H and O–H groups in total. The van der Waals surface area contributed by atoms with Crippen molar-refractivity contribution in [1.82, 2.24) is 5.32 Å². The van der Waals surface area contributed by atoms with Gasteiger partial charge in [0, 0.05) is 6.42 Å². The third-order valence-corrected chi connectivity index (χ3v) is 9.49.